The summed E-state index contributed by atoms with van der Waals surface area (Å²) >= 11 is 9.79. The minimum absolute atomic E-state index is 0.163. The molecule has 2 rings (SSSR count). The number of benzene rings is 1. The van der Waals surface area contributed by atoms with Crippen molar-refractivity contribution in [2.45, 2.75) is 46.2 Å². The van der Waals surface area contributed by atoms with Crippen LogP contribution in [0, 0.1) is 11.2 Å². The van der Waals surface area contributed by atoms with Crippen LogP contribution in [0.1, 0.15) is 34.1 Å². The van der Waals surface area contributed by atoms with Gasteiger partial charge in [0, 0.05) is 29.6 Å². The lowest BCUT2D eigenvalue weighted by Crippen LogP contribution is -2.60. The third-order valence-corrected chi connectivity index (χ3v) is 5.10. The number of rotatable bonds is 2. The third-order valence-electron chi connectivity index (χ3n) is 4.21. The molecule has 1 saturated heterocycles. The summed E-state index contributed by atoms with van der Waals surface area (Å²) in [5.41, 5.74) is 1.07. The molecule has 5 heteroatoms. The van der Waals surface area contributed by atoms with Gasteiger partial charge < -0.3 is 10.2 Å². The monoisotopic (exact) mass is 376 g/mol. The van der Waals surface area contributed by atoms with Gasteiger partial charge in [0.05, 0.1) is 10.7 Å². The van der Waals surface area contributed by atoms with Crippen LogP contribution < -0.4 is 10.2 Å². The number of halogens is 3. The first kappa shape index (κ1) is 17.0. The van der Waals surface area contributed by atoms with Crippen molar-refractivity contribution in [2.75, 3.05) is 18.0 Å². The molecule has 0 radical (unpaired) electrons. The molecule has 2 nitrogen and oxygen atoms in total. The van der Waals surface area contributed by atoms with Crippen LogP contribution in [0.3, 0.4) is 0 Å². The smallest absolute Gasteiger partial charge is 0.125 e. The van der Waals surface area contributed by atoms with Crippen LogP contribution >= 0.6 is 27.5 Å². The predicted molar refractivity (Wildman–Crippen MR) is 91.8 cm³/mol. The SMILES string of the molecule is CCC1CNC(C(C)(C)C)CN1c1c(Cl)cc(F)cc1Br. The Hall–Kier alpha value is -0.320. The van der Waals surface area contributed by atoms with Gasteiger partial charge in [0.1, 0.15) is 5.82 Å². The Kier molecular flexibility index (Phi) is 5.22. The van der Waals surface area contributed by atoms with Crippen molar-refractivity contribution >= 4 is 33.2 Å². The van der Waals surface area contributed by atoms with E-state index in [1.807, 2.05) is 0 Å². The lowest BCUT2D eigenvalue weighted by atomic mass is 9.84. The number of piperazine rings is 1. The van der Waals surface area contributed by atoms with Crippen molar-refractivity contribution in [3.63, 3.8) is 0 Å². The molecule has 0 aromatic heterocycles. The highest BCUT2D eigenvalue weighted by atomic mass is 79.9. The Bertz CT molecular complexity index is 492. The second kappa shape index (κ2) is 6.43. The van der Waals surface area contributed by atoms with E-state index in [4.69, 9.17) is 11.6 Å². The van der Waals surface area contributed by atoms with Crippen molar-refractivity contribution in [1.29, 1.82) is 0 Å². The van der Waals surface area contributed by atoms with Crippen LogP contribution in [0.5, 0.6) is 0 Å². The molecule has 1 aliphatic rings. The number of nitrogens with zero attached hydrogens (tertiary/aromatic N) is 1. The Labute approximate surface area is 140 Å². The zero-order chi connectivity index (χ0) is 15.8. The molecule has 21 heavy (non-hydrogen) atoms. The Balaban J connectivity index is 2.38. The number of hydrogen-bond acceptors (Lipinski definition) is 2. The highest BCUT2D eigenvalue weighted by molar-refractivity contribution is 9.10. The zero-order valence-electron chi connectivity index (χ0n) is 13.0. The van der Waals surface area contributed by atoms with E-state index in [2.05, 4.69) is 53.8 Å². The molecule has 1 aromatic rings. The second-order valence-corrected chi connectivity index (χ2v) is 8.02. The van der Waals surface area contributed by atoms with Crippen molar-refractivity contribution in [3.8, 4) is 0 Å². The van der Waals surface area contributed by atoms with Crippen LogP contribution in [0.2, 0.25) is 5.02 Å². The standard InChI is InChI=1S/C16H23BrClFN2/c1-5-11-8-20-14(16(2,3)4)9-21(11)15-12(17)6-10(19)7-13(15)18/h6-7,11,14,20H,5,8-9H2,1-4H3. The first-order valence-corrected chi connectivity index (χ1v) is 8.55. The number of anilines is 1. The van der Waals surface area contributed by atoms with Gasteiger partial charge in [0.15, 0.2) is 0 Å². The van der Waals surface area contributed by atoms with E-state index in [0.29, 0.717) is 17.1 Å². The fourth-order valence-corrected chi connectivity index (χ4v) is 3.92. The molecule has 1 N–H and O–H groups in total. The van der Waals surface area contributed by atoms with E-state index >= 15 is 0 Å². The average Bonchev–Trinajstić information content (AvgIpc) is 2.36. The predicted octanol–water partition coefficient (Wildman–Crippen LogP) is 4.84. The molecule has 2 atom stereocenters. The molecule has 1 aromatic carbocycles. The first-order chi connectivity index (χ1) is 9.74. The maximum Gasteiger partial charge on any atom is 0.125 e. The molecule has 1 fully saturated rings. The van der Waals surface area contributed by atoms with E-state index in [1.165, 1.54) is 12.1 Å². The fraction of sp³-hybridized carbons (Fsp3) is 0.625. The topological polar surface area (TPSA) is 15.3 Å². The van der Waals surface area contributed by atoms with Gasteiger partial charge in [0.2, 0.25) is 0 Å². The van der Waals surface area contributed by atoms with Gasteiger partial charge >= 0.3 is 0 Å². The van der Waals surface area contributed by atoms with Crippen molar-refractivity contribution in [2.24, 2.45) is 5.41 Å². The summed E-state index contributed by atoms with van der Waals surface area (Å²) in [5.74, 6) is -0.314. The van der Waals surface area contributed by atoms with Crippen LogP contribution in [-0.4, -0.2) is 25.2 Å². The molecular formula is C16H23BrClFN2. The van der Waals surface area contributed by atoms with Crippen molar-refractivity contribution in [3.05, 3.63) is 27.4 Å². The summed E-state index contributed by atoms with van der Waals surface area (Å²) < 4.78 is 14.2. The molecule has 0 aliphatic carbocycles. The Morgan fingerprint density at radius 3 is 2.62 bits per heavy atom. The van der Waals surface area contributed by atoms with Crippen molar-refractivity contribution < 1.29 is 4.39 Å². The molecule has 1 heterocycles. The molecule has 2 unspecified atom stereocenters. The van der Waals surface area contributed by atoms with Gasteiger partial charge in [-0.05, 0) is 39.9 Å². The normalized spacial score (nSPS) is 23.5. The van der Waals surface area contributed by atoms with E-state index in [9.17, 15) is 4.39 Å². The largest absolute Gasteiger partial charge is 0.364 e. The molecule has 118 valence electrons. The third kappa shape index (κ3) is 3.72. The quantitative estimate of drug-likeness (QED) is 0.793. The van der Waals surface area contributed by atoms with E-state index in [0.717, 1.165) is 29.7 Å². The number of hydrogen-bond donors (Lipinski definition) is 1. The van der Waals surface area contributed by atoms with Gasteiger partial charge in [-0.1, -0.05) is 39.3 Å². The fourth-order valence-electron chi connectivity index (χ4n) is 2.83. The molecule has 0 amide bonds. The maximum atomic E-state index is 13.5. The molecule has 0 bridgehead atoms. The highest BCUT2D eigenvalue weighted by Gasteiger charge is 2.35. The average molecular weight is 378 g/mol. The molecular weight excluding hydrogens is 355 g/mol. The minimum Gasteiger partial charge on any atom is -0.364 e. The van der Waals surface area contributed by atoms with Crippen LogP contribution in [-0.2, 0) is 0 Å². The summed E-state index contributed by atoms with van der Waals surface area (Å²) in [6.45, 7) is 10.6. The van der Waals surface area contributed by atoms with Crippen LogP contribution in [0.4, 0.5) is 10.1 Å². The van der Waals surface area contributed by atoms with E-state index in [1.54, 1.807) is 0 Å². The summed E-state index contributed by atoms with van der Waals surface area (Å²) in [4.78, 5) is 2.32. The van der Waals surface area contributed by atoms with Gasteiger partial charge in [-0.15, -0.1) is 0 Å². The van der Waals surface area contributed by atoms with Gasteiger partial charge in [0.25, 0.3) is 0 Å². The van der Waals surface area contributed by atoms with Gasteiger partial charge in [-0.3, -0.25) is 0 Å². The summed E-state index contributed by atoms with van der Waals surface area (Å²) in [6, 6.07) is 3.61. The van der Waals surface area contributed by atoms with Crippen LogP contribution in [0.25, 0.3) is 0 Å². The summed E-state index contributed by atoms with van der Waals surface area (Å²) in [5, 5.41) is 4.10. The van der Waals surface area contributed by atoms with Gasteiger partial charge in [-0.25, -0.2) is 4.39 Å². The molecule has 0 spiro atoms. The first-order valence-electron chi connectivity index (χ1n) is 7.38. The van der Waals surface area contributed by atoms with E-state index < -0.39 is 0 Å². The Morgan fingerprint density at radius 1 is 1.43 bits per heavy atom. The zero-order valence-corrected chi connectivity index (χ0v) is 15.4. The molecule has 1 aliphatic heterocycles. The summed E-state index contributed by atoms with van der Waals surface area (Å²) in [7, 11) is 0. The lowest BCUT2D eigenvalue weighted by molar-refractivity contribution is 0.233. The Morgan fingerprint density at radius 2 is 2.10 bits per heavy atom. The highest BCUT2D eigenvalue weighted by Crippen LogP contribution is 2.38. The summed E-state index contributed by atoms with van der Waals surface area (Å²) in [6.07, 6.45) is 1.02. The minimum atomic E-state index is -0.314. The van der Waals surface area contributed by atoms with Crippen molar-refractivity contribution in [1.82, 2.24) is 5.32 Å². The number of nitrogens with one attached hydrogen (secondary N) is 1. The molecule has 0 saturated carbocycles. The lowest BCUT2D eigenvalue weighted by Gasteiger charge is -2.46. The van der Waals surface area contributed by atoms with Gasteiger partial charge in [-0.2, -0.15) is 0 Å². The second-order valence-electron chi connectivity index (χ2n) is 6.76. The maximum absolute atomic E-state index is 13.5. The van der Waals surface area contributed by atoms with E-state index in [-0.39, 0.29) is 11.2 Å². The van der Waals surface area contributed by atoms with Crippen LogP contribution in [0.15, 0.2) is 16.6 Å².